The molecule has 1 fully saturated rings. The van der Waals surface area contributed by atoms with Crippen LogP contribution in [0.15, 0.2) is 11.4 Å². The van der Waals surface area contributed by atoms with Gasteiger partial charge in [0.1, 0.15) is 5.82 Å². The van der Waals surface area contributed by atoms with Crippen LogP contribution in [0.2, 0.25) is 0 Å². The maximum atomic E-state index is 12.3. The lowest BCUT2D eigenvalue weighted by Crippen LogP contribution is -2.53. The number of hydrogen-bond acceptors (Lipinski definition) is 6. The topological polar surface area (TPSA) is 66.3 Å². The Morgan fingerprint density at radius 2 is 2.17 bits per heavy atom. The van der Waals surface area contributed by atoms with Crippen LogP contribution in [-0.2, 0) is 11.8 Å². The molecule has 2 aromatic heterocycles. The van der Waals surface area contributed by atoms with Crippen LogP contribution in [0.25, 0.3) is 0 Å². The number of nitrogens with zero attached hydrogens (tertiary/aromatic N) is 5. The fourth-order valence-electron chi connectivity index (χ4n) is 3.05. The van der Waals surface area contributed by atoms with Crippen LogP contribution in [0, 0.1) is 13.8 Å². The van der Waals surface area contributed by atoms with Gasteiger partial charge in [-0.05, 0) is 20.8 Å². The fourth-order valence-corrected chi connectivity index (χ4v) is 3.98. The van der Waals surface area contributed by atoms with Crippen LogP contribution < -0.4 is 10.2 Å². The smallest absolute Gasteiger partial charge is 0.239 e. The Bertz CT molecular complexity index is 724. The van der Waals surface area contributed by atoms with Crippen LogP contribution in [0.3, 0.4) is 0 Å². The Labute approximate surface area is 146 Å². The number of piperazine rings is 1. The number of anilines is 2. The van der Waals surface area contributed by atoms with Crippen LogP contribution in [0.4, 0.5) is 10.9 Å². The van der Waals surface area contributed by atoms with Crippen LogP contribution in [-0.4, -0.2) is 57.8 Å². The van der Waals surface area contributed by atoms with Crippen LogP contribution in [0.1, 0.15) is 18.3 Å². The average Bonchev–Trinajstić information content (AvgIpc) is 3.05. The molecule has 0 spiro atoms. The summed E-state index contributed by atoms with van der Waals surface area (Å²) >= 11 is 1.69. The predicted molar refractivity (Wildman–Crippen MR) is 96.7 cm³/mol. The van der Waals surface area contributed by atoms with Gasteiger partial charge in [0.05, 0.1) is 17.9 Å². The quantitative estimate of drug-likeness (QED) is 0.910. The van der Waals surface area contributed by atoms with E-state index >= 15 is 0 Å². The molecule has 1 N–H and O–H groups in total. The second kappa shape index (κ2) is 6.90. The number of amides is 1. The highest BCUT2D eigenvalue weighted by atomic mass is 32.1. The first-order valence-corrected chi connectivity index (χ1v) is 9.02. The van der Waals surface area contributed by atoms with Gasteiger partial charge < -0.3 is 10.2 Å². The minimum absolute atomic E-state index is 0.00347. The van der Waals surface area contributed by atoms with Crippen molar-refractivity contribution in [3.05, 3.63) is 22.8 Å². The van der Waals surface area contributed by atoms with Gasteiger partial charge in [-0.3, -0.25) is 14.4 Å². The van der Waals surface area contributed by atoms with E-state index in [4.69, 9.17) is 0 Å². The number of carbonyl (C=O) groups is 1. The summed E-state index contributed by atoms with van der Waals surface area (Å²) in [7, 11) is 1.83. The molecule has 1 aliphatic heterocycles. The molecule has 8 heteroatoms. The number of aryl methyl sites for hydroxylation is 3. The van der Waals surface area contributed by atoms with Gasteiger partial charge in [0, 0.05) is 44.2 Å². The van der Waals surface area contributed by atoms with E-state index < -0.39 is 0 Å². The summed E-state index contributed by atoms with van der Waals surface area (Å²) in [4.78, 5) is 21.4. The highest BCUT2D eigenvalue weighted by molar-refractivity contribution is 7.13. The summed E-state index contributed by atoms with van der Waals surface area (Å²) in [5.74, 6) is 0.742. The largest absolute Gasteiger partial charge is 0.343 e. The number of hydrogen-bond donors (Lipinski definition) is 1. The van der Waals surface area contributed by atoms with E-state index in [2.05, 4.69) is 37.5 Å². The van der Waals surface area contributed by atoms with Gasteiger partial charge in [-0.1, -0.05) is 0 Å². The van der Waals surface area contributed by atoms with Crippen molar-refractivity contribution < 1.29 is 4.79 Å². The zero-order valence-electron chi connectivity index (χ0n) is 14.6. The lowest BCUT2D eigenvalue weighted by molar-refractivity contribution is -0.117. The molecule has 0 unspecified atom stereocenters. The normalized spacial score (nSPS) is 18.8. The minimum atomic E-state index is 0.00347. The van der Waals surface area contributed by atoms with Gasteiger partial charge >= 0.3 is 0 Å². The molecule has 3 heterocycles. The molecule has 0 aliphatic carbocycles. The molecule has 1 atom stereocenters. The van der Waals surface area contributed by atoms with E-state index in [9.17, 15) is 4.79 Å². The van der Waals surface area contributed by atoms with E-state index in [-0.39, 0.29) is 5.91 Å². The summed E-state index contributed by atoms with van der Waals surface area (Å²) in [6.07, 6.45) is 0. The van der Waals surface area contributed by atoms with Crippen molar-refractivity contribution in [1.29, 1.82) is 0 Å². The predicted octanol–water partition coefficient (Wildman–Crippen LogP) is 1.64. The zero-order chi connectivity index (χ0) is 17.3. The van der Waals surface area contributed by atoms with Crippen molar-refractivity contribution >= 4 is 28.2 Å². The van der Waals surface area contributed by atoms with Crippen molar-refractivity contribution in [1.82, 2.24) is 19.7 Å². The fraction of sp³-hybridized carbons (Fsp3) is 0.562. The third kappa shape index (κ3) is 3.76. The molecule has 130 valence electrons. The number of rotatable bonds is 4. The van der Waals surface area contributed by atoms with Crippen molar-refractivity contribution in [2.24, 2.45) is 7.05 Å². The van der Waals surface area contributed by atoms with Gasteiger partial charge in [0.2, 0.25) is 5.91 Å². The van der Waals surface area contributed by atoms with Gasteiger partial charge in [-0.2, -0.15) is 5.10 Å². The highest BCUT2D eigenvalue weighted by Gasteiger charge is 2.26. The average molecular weight is 348 g/mol. The molecule has 1 aliphatic rings. The number of thiazole rings is 1. The summed E-state index contributed by atoms with van der Waals surface area (Å²) in [6.45, 7) is 9.14. The number of aromatic nitrogens is 3. The molecule has 2 aromatic rings. The van der Waals surface area contributed by atoms with Gasteiger partial charge in [-0.15, -0.1) is 11.3 Å². The van der Waals surface area contributed by atoms with E-state index in [1.807, 2.05) is 27.0 Å². The van der Waals surface area contributed by atoms with E-state index in [0.29, 0.717) is 12.6 Å². The monoisotopic (exact) mass is 348 g/mol. The molecule has 1 amide bonds. The van der Waals surface area contributed by atoms with Crippen molar-refractivity contribution in [2.75, 3.05) is 36.4 Å². The lowest BCUT2D eigenvalue weighted by Gasteiger charge is -2.39. The second-order valence-electron chi connectivity index (χ2n) is 6.39. The standard InChI is InChI=1S/C16H24N6OS/c1-11-7-14(20(4)19-11)18-15(23)9-21-5-6-22(13(3)8-21)16-17-12(2)10-24-16/h7,10,13H,5-6,8-9H2,1-4H3,(H,18,23)/t13-/m1/s1. The zero-order valence-corrected chi connectivity index (χ0v) is 15.4. The molecule has 0 aromatic carbocycles. The summed E-state index contributed by atoms with van der Waals surface area (Å²) in [6, 6.07) is 2.22. The molecule has 24 heavy (non-hydrogen) atoms. The Morgan fingerprint density at radius 3 is 2.75 bits per heavy atom. The SMILES string of the molecule is Cc1csc(N2CCN(CC(=O)Nc3cc(C)nn3C)C[C@H]2C)n1. The van der Waals surface area contributed by atoms with Gasteiger partial charge in [0.25, 0.3) is 0 Å². The highest BCUT2D eigenvalue weighted by Crippen LogP contribution is 2.24. The van der Waals surface area contributed by atoms with E-state index in [1.54, 1.807) is 16.0 Å². The third-order valence-electron chi connectivity index (χ3n) is 4.20. The van der Waals surface area contributed by atoms with E-state index in [1.165, 1.54) is 0 Å². The van der Waals surface area contributed by atoms with E-state index in [0.717, 1.165) is 42.0 Å². The molecule has 7 nitrogen and oxygen atoms in total. The van der Waals surface area contributed by atoms with Crippen molar-refractivity contribution in [2.45, 2.75) is 26.8 Å². The molecule has 0 bridgehead atoms. The Hall–Kier alpha value is -1.93. The first-order chi connectivity index (χ1) is 11.4. The van der Waals surface area contributed by atoms with Crippen LogP contribution >= 0.6 is 11.3 Å². The van der Waals surface area contributed by atoms with Crippen molar-refractivity contribution in [3.63, 3.8) is 0 Å². The number of carbonyl (C=O) groups excluding carboxylic acids is 1. The first kappa shape index (κ1) is 16.9. The molecular weight excluding hydrogens is 324 g/mol. The summed E-state index contributed by atoms with van der Waals surface area (Å²) in [5.41, 5.74) is 1.96. The lowest BCUT2D eigenvalue weighted by atomic mass is 10.2. The molecule has 3 rings (SSSR count). The van der Waals surface area contributed by atoms with Crippen molar-refractivity contribution in [3.8, 4) is 0 Å². The Kier molecular flexibility index (Phi) is 4.86. The van der Waals surface area contributed by atoms with Gasteiger partial charge in [0.15, 0.2) is 5.13 Å². The molecule has 0 radical (unpaired) electrons. The summed E-state index contributed by atoms with van der Waals surface area (Å²) in [5, 5.41) is 10.3. The second-order valence-corrected chi connectivity index (χ2v) is 7.23. The minimum Gasteiger partial charge on any atom is -0.343 e. The molecule has 0 saturated carbocycles. The maximum Gasteiger partial charge on any atom is 0.239 e. The first-order valence-electron chi connectivity index (χ1n) is 8.14. The maximum absolute atomic E-state index is 12.3. The molecule has 1 saturated heterocycles. The van der Waals surface area contributed by atoms with Crippen LogP contribution in [0.5, 0.6) is 0 Å². The Balaban J connectivity index is 1.54. The van der Waals surface area contributed by atoms with Gasteiger partial charge in [-0.25, -0.2) is 4.98 Å². The third-order valence-corrected chi connectivity index (χ3v) is 5.20. The molecular formula is C16H24N6OS. The Morgan fingerprint density at radius 1 is 1.38 bits per heavy atom. The summed E-state index contributed by atoms with van der Waals surface area (Å²) < 4.78 is 1.69. The number of nitrogens with one attached hydrogen (secondary N) is 1.